The van der Waals surface area contributed by atoms with E-state index in [0.29, 0.717) is 28.1 Å². The third-order valence-corrected chi connectivity index (χ3v) is 4.51. The molecular formula is C16H15ClN2O6S. The zero-order valence-corrected chi connectivity index (χ0v) is 15.3. The van der Waals surface area contributed by atoms with Gasteiger partial charge in [-0.2, -0.15) is 0 Å². The second-order valence-electron chi connectivity index (χ2n) is 5.01. The maximum atomic E-state index is 12.3. The molecular weight excluding hydrogens is 384 g/mol. The second-order valence-corrected chi connectivity index (χ2v) is 6.72. The minimum Gasteiger partial charge on any atom is -0.454 e. The number of hydrogen-bond acceptors (Lipinski definition) is 8. The summed E-state index contributed by atoms with van der Waals surface area (Å²) >= 11 is 6.84. The Morgan fingerprint density at radius 2 is 2.08 bits per heavy atom. The number of carbonyl (C=O) groups is 2. The van der Waals surface area contributed by atoms with Crippen LogP contribution < -0.4 is 5.32 Å². The topological polar surface area (TPSA) is 108 Å². The lowest BCUT2D eigenvalue weighted by Crippen LogP contribution is -2.16. The van der Waals surface area contributed by atoms with Crippen molar-refractivity contribution in [1.29, 1.82) is 0 Å². The number of nitrogens with one attached hydrogen (secondary N) is 1. The Kier molecular flexibility index (Phi) is 7.07. The molecule has 2 rings (SSSR count). The minimum atomic E-state index is -0.843. The van der Waals surface area contributed by atoms with Crippen molar-refractivity contribution >= 4 is 46.1 Å². The van der Waals surface area contributed by atoms with Crippen LogP contribution in [0.2, 0.25) is 4.34 Å². The van der Waals surface area contributed by atoms with Gasteiger partial charge in [-0.3, -0.25) is 14.9 Å². The van der Waals surface area contributed by atoms with Crippen molar-refractivity contribution in [2.75, 3.05) is 32.2 Å². The van der Waals surface area contributed by atoms with Gasteiger partial charge >= 0.3 is 5.97 Å². The van der Waals surface area contributed by atoms with Gasteiger partial charge in [0.05, 0.1) is 26.3 Å². The van der Waals surface area contributed by atoms with Crippen LogP contribution in [0.4, 0.5) is 11.4 Å². The number of hydrogen-bond donors (Lipinski definition) is 1. The van der Waals surface area contributed by atoms with Crippen LogP contribution in [-0.4, -0.2) is 43.5 Å². The molecule has 0 bridgehead atoms. The van der Waals surface area contributed by atoms with Crippen LogP contribution in [0.3, 0.4) is 0 Å². The summed E-state index contributed by atoms with van der Waals surface area (Å²) < 4.78 is 10.4. The fraction of sp³-hybridized carbons (Fsp3) is 0.250. The summed E-state index contributed by atoms with van der Waals surface area (Å²) in [5, 5.41) is 13.9. The number of rotatable bonds is 9. The number of nitro groups is 1. The third-order valence-electron chi connectivity index (χ3n) is 3.24. The van der Waals surface area contributed by atoms with E-state index in [1.165, 1.54) is 25.3 Å². The van der Waals surface area contributed by atoms with Gasteiger partial charge in [0.2, 0.25) is 5.78 Å². The lowest BCUT2D eigenvalue weighted by molar-refractivity contribution is -0.384. The van der Waals surface area contributed by atoms with Gasteiger partial charge < -0.3 is 14.8 Å². The number of non-ortho nitro benzene ring substituents is 1. The second kappa shape index (κ2) is 9.27. The van der Waals surface area contributed by atoms with E-state index >= 15 is 0 Å². The number of thiophene rings is 1. The number of esters is 1. The smallest absolute Gasteiger partial charge is 0.340 e. The maximum Gasteiger partial charge on any atom is 0.340 e. The largest absolute Gasteiger partial charge is 0.454 e. The summed E-state index contributed by atoms with van der Waals surface area (Å²) in [4.78, 5) is 35.0. The number of ether oxygens (including phenoxy) is 2. The Labute approximate surface area is 157 Å². The Hall–Kier alpha value is -2.49. The van der Waals surface area contributed by atoms with Gasteiger partial charge in [-0.25, -0.2) is 4.79 Å². The number of methoxy groups -OCH3 is 1. The van der Waals surface area contributed by atoms with Crippen LogP contribution in [0.15, 0.2) is 30.3 Å². The zero-order chi connectivity index (χ0) is 19.1. The number of nitro benzene ring substituents is 1. The van der Waals surface area contributed by atoms with Gasteiger partial charge in [0, 0.05) is 31.5 Å². The minimum absolute atomic E-state index is 0.0349. The Balaban J connectivity index is 2.12. The van der Waals surface area contributed by atoms with Crippen LogP contribution in [-0.2, 0) is 9.47 Å². The van der Waals surface area contributed by atoms with Crippen LogP contribution in [0.25, 0.3) is 0 Å². The summed E-state index contributed by atoms with van der Waals surface area (Å²) in [6, 6.07) is 6.88. The highest BCUT2D eigenvalue weighted by atomic mass is 35.5. The Bertz CT molecular complexity index is 823. The van der Waals surface area contributed by atoms with Crippen molar-refractivity contribution in [3.05, 3.63) is 55.2 Å². The van der Waals surface area contributed by atoms with E-state index in [0.717, 1.165) is 17.4 Å². The van der Waals surface area contributed by atoms with Crippen LogP contribution in [0.5, 0.6) is 0 Å². The normalized spacial score (nSPS) is 10.4. The molecule has 0 aliphatic rings. The molecule has 1 aromatic heterocycles. The van der Waals surface area contributed by atoms with Crippen molar-refractivity contribution < 1.29 is 24.0 Å². The molecule has 0 saturated heterocycles. The van der Waals surface area contributed by atoms with Gasteiger partial charge in [-0.15, -0.1) is 11.3 Å². The van der Waals surface area contributed by atoms with Crippen molar-refractivity contribution in [2.45, 2.75) is 0 Å². The summed E-state index contributed by atoms with van der Waals surface area (Å²) in [6.45, 7) is 0.278. The van der Waals surface area contributed by atoms with Crippen molar-refractivity contribution in [1.82, 2.24) is 0 Å². The maximum absolute atomic E-state index is 12.3. The first-order chi connectivity index (χ1) is 12.4. The molecule has 1 heterocycles. The summed E-state index contributed by atoms with van der Waals surface area (Å²) in [5.74, 6) is -1.25. The highest BCUT2D eigenvalue weighted by Gasteiger charge is 2.20. The average molecular weight is 399 g/mol. The van der Waals surface area contributed by atoms with Gasteiger partial charge in [-0.05, 0) is 18.2 Å². The number of anilines is 1. The standard InChI is InChI=1S/C16H15ClN2O6S/c1-24-7-6-18-12-3-2-10(19(22)23)8-11(12)16(21)25-9-13(20)14-4-5-15(17)26-14/h2-5,8,18H,6-7,9H2,1H3. The van der Waals surface area contributed by atoms with Crippen LogP contribution in [0.1, 0.15) is 20.0 Å². The number of carbonyl (C=O) groups excluding carboxylic acids is 2. The first-order valence-corrected chi connectivity index (χ1v) is 8.58. The highest BCUT2D eigenvalue weighted by molar-refractivity contribution is 7.18. The summed E-state index contributed by atoms with van der Waals surface area (Å²) in [6.07, 6.45) is 0. The summed E-state index contributed by atoms with van der Waals surface area (Å²) in [5.41, 5.74) is 0.0576. The van der Waals surface area contributed by atoms with E-state index in [2.05, 4.69) is 5.32 Å². The van der Waals surface area contributed by atoms with Gasteiger partial charge in [-0.1, -0.05) is 11.6 Å². The van der Waals surface area contributed by atoms with Crippen molar-refractivity contribution in [2.24, 2.45) is 0 Å². The predicted molar refractivity (Wildman–Crippen MR) is 97.4 cm³/mol. The molecule has 0 amide bonds. The molecule has 0 fully saturated rings. The van der Waals surface area contributed by atoms with E-state index in [1.807, 2.05) is 0 Å². The molecule has 0 spiro atoms. The molecule has 0 aliphatic heterocycles. The first-order valence-electron chi connectivity index (χ1n) is 7.39. The van der Waals surface area contributed by atoms with E-state index in [4.69, 9.17) is 21.1 Å². The van der Waals surface area contributed by atoms with Gasteiger partial charge in [0.1, 0.15) is 0 Å². The van der Waals surface area contributed by atoms with Crippen molar-refractivity contribution in [3.63, 3.8) is 0 Å². The zero-order valence-electron chi connectivity index (χ0n) is 13.7. The molecule has 0 saturated carbocycles. The molecule has 0 aliphatic carbocycles. The lowest BCUT2D eigenvalue weighted by Gasteiger charge is -2.11. The molecule has 1 aromatic carbocycles. The first kappa shape index (κ1) is 19.8. The van der Waals surface area contributed by atoms with Gasteiger partial charge in [0.25, 0.3) is 5.69 Å². The van der Waals surface area contributed by atoms with Crippen molar-refractivity contribution in [3.8, 4) is 0 Å². The van der Waals surface area contributed by atoms with E-state index in [1.54, 1.807) is 6.07 Å². The molecule has 26 heavy (non-hydrogen) atoms. The van der Waals surface area contributed by atoms with Crippen LogP contribution in [0, 0.1) is 10.1 Å². The fourth-order valence-electron chi connectivity index (χ4n) is 2.00. The Morgan fingerprint density at radius 3 is 2.69 bits per heavy atom. The molecule has 2 aromatic rings. The number of nitrogens with zero attached hydrogens (tertiary/aromatic N) is 1. The molecule has 1 N–H and O–H groups in total. The number of ketones is 1. The molecule has 8 nitrogen and oxygen atoms in total. The SMILES string of the molecule is COCCNc1ccc([N+](=O)[O-])cc1C(=O)OCC(=O)c1ccc(Cl)s1. The number of Topliss-reactive ketones (excluding diaryl/α,β-unsaturated/α-hetero) is 1. The molecule has 138 valence electrons. The number of halogens is 1. The monoisotopic (exact) mass is 398 g/mol. The van der Waals surface area contributed by atoms with Gasteiger partial charge in [0.15, 0.2) is 6.61 Å². The van der Waals surface area contributed by atoms with Crippen LogP contribution >= 0.6 is 22.9 Å². The highest BCUT2D eigenvalue weighted by Crippen LogP contribution is 2.24. The lowest BCUT2D eigenvalue weighted by atomic mass is 10.1. The van der Waals surface area contributed by atoms with E-state index in [9.17, 15) is 19.7 Å². The molecule has 0 atom stereocenters. The fourth-order valence-corrected chi connectivity index (χ4v) is 2.97. The molecule has 0 unspecified atom stereocenters. The average Bonchev–Trinajstić information content (AvgIpc) is 3.06. The summed E-state index contributed by atoms with van der Waals surface area (Å²) in [7, 11) is 1.52. The molecule has 0 radical (unpaired) electrons. The Morgan fingerprint density at radius 1 is 1.31 bits per heavy atom. The van der Waals surface area contributed by atoms with E-state index < -0.39 is 23.3 Å². The molecule has 10 heteroatoms. The number of benzene rings is 1. The van der Waals surface area contributed by atoms with E-state index in [-0.39, 0.29) is 11.3 Å². The predicted octanol–water partition coefficient (Wildman–Crippen LogP) is 3.41. The quantitative estimate of drug-likeness (QED) is 0.227. The third kappa shape index (κ3) is 5.25.